The van der Waals surface area contributed by atoms with E-state index >= 15 is 0 Å². The molecule has 4 rings (SSSR count). The zero-order valence-electron chi connectivity index (χ0n) is 20.8. The third kappa shape index (κ3) is 9.18. The Morgan fingerprint density at radius 3 is 1.27 bits per heavy atom. The summed E-state index contributed by atoms with van der Waals surface area (Å²) in [5.74, 6) is 1.50. The van der Waals surface area contributed by atoms with Crippen molar-refractivity contribution in [3.63, 3.8) is 0 Å². The van der Waals surface area contributed by atoms with Gasteiger partial charge in [-0.2, -0.15) is 0 Å². The second-order valence-electron chi connectivity index (χ2n) is 8.89. The Labute approximate surface area is 218 Å². The first-order valence-corrected chi connectivity index (χ1v) is 12.5. The van der Waals surface area contributed by atoms with Crippen molar-refractivity contribution >= 4 is 11.4 Å². The van der Waals surface area contributed by atoms with Crippen LogP contribution in [0.2, 0.25) is 0 Å². The van der Waals surface area contributed by atoms with Gasteiger partial charge in [0.25, 0.3) is 0 Å². The van der Waals surface area contributed by atoms with Gasteiger partial charge in [0, 0.05) is 24.5 Å². The second kappa shape index (κ2) is 13.9. The molecule has 0 aliphatic carbocycles. The highest BCUT2D eigenvalue weighted by Gasteiger charge is 2.07. The molecular weight excluding hydrogens is 464 g/mol. The molecule has 4 N–H and O–H groups in total. The van der Waals surface area contributed by atoms with E-state index in [0.29, 0.717) is 13.1 Å². The van der Waals surface area contributed by atoms with Crippen LogP contribution in [0.15, 0.2) is 109 Å². The van der Waals surface area contributed by atoms with Gasteiger partial charge in [0.1, 0.15) is 36.9 Å². The lowest BCUT2D eigenvalue weighted by molar-refractivity contribution is 0.117. The van der Waals surface area contributed by atoms with Crippen LogP contribution in [0.25, 0.3) is 0 Å². The van der Waals surface area contributed by atoms with Crippen LogP contribution in [0.1, 0.15) is 11.1 Å². The second-order valence-corrected chi connectivity index (χ2v) is 8.89. The highest BCUT2D eigenvalue weighted by Crippen LogP contribution is 2.17. The number of aliphatic hydroxyl groups is 2. The van der Waals surface area contributed by atoms with E-state index in [1.54, 1.807) is 0 Å². The van der Waals surface area contributed by atoms with E-state index in [4.69, 9.17) is 9.47 Å². The van der Waals surface area contributed by atoms with Gasteiger partial charge in [0.2, 0.25) is 0 Å². The molecule has 0 unspecified atom stereocenters. The third-order valence-electron chi connectivity index (χ3n) is 5.77. The zero-order valence-corrected chi connectivity index (χ0v) is 20.8. The van der Waals surface area contributed by atoms with E-state index in [-0.39, 0.29) is 13.2 Å². The summed E-state index contributed by atoms with van der Waals surface area (Å²) in [7, 11) is 0. The van der Waals surface area contributed by atoms with Crippen molar-refractivity contribution in [1.29, 1.82) is 0 Å². The van der Waals surface area contributed by atoms with Crippen LogP contribution in [-0.4, -0.2) is 48.7 Å². The van der Waals surface area contributed by atoms with Gasteiger partial charge < -0.3 is 30.3 Å². The molecule has 0 aliphatic rings. The molecule has 6 heteroatoms. The summed E-state index contributed by atoms with van der Waals surface area (Å²) in [6.07, 6.45) is -0.393. The Morgan fingerprint density at radius 1 is 0.514 bits per heavy atom. The number of nitrogens with one attached hydrogen (secondary N) is 2. The normalized spacial score (nSPS) is 12.4. The van der Waals surface area contributed by atoms with E-state index in [0.717, 1.165) is 29.3 Å². The van der Waals surface area contributed by atoms with Gasteiger partial charge in [-0.05, 0) is 66.1 Å². The lowest BCUT2D eigenvalue weighted by Gasteiger charge is -2.15. The molecular formula is C31H34N2O4. The fourth-order valence-corrected chi connectivity index (χ4v) is 3.72. The van der Waals surface area contributed by atoms with Crippen molar-refractivity contribution < 1.29 is 19.7 Å². The van der Waals surface area contributed by atoms with Crippen molar-refractivity contribution in [2.24, 2.45) is 0 Å². The van der Waals surface area contributed by atoms with E-state index in [1.807, 2.05) is 84.9 Å². The Bertz CT molecular complexity index is 1070. The molecule has 192 valence electrons. The maximum absolute atomic E-state index is 10.2. The SMILES string of the molecule is O[C@@H](CNc1ccc(Cc2ccc(NC[C@H](O)COc3ccccc3)cc2)cc1)COc1ccccc1. The third-order valence-corrected chi connectivity index (χ3v) is 5.77. The lowest BCUT2D eigenvalue weighted by Crippen LogP contribution is -2.26. The molecule has 0 saturated heterocycles. The van der Waals surface area contributed by atoms with Gasteiger partial charge in [-0.25, -0.2) is 0 Å². The first kappa shape index (κ1) is 26.1. The van der Waals surface area contributed by atoms with Gasteiger partial charge >= 0.3 is 0 Å². The number of anilines is 2. The summed E-state index contributed by atoms with van der Waals surface area (Å²) in [5, 5.41) is 26.9. The number of hydrogen-bond donors (Lipinski definition) is 4. The molecule has 0 aliphatic heterocycles. The van der Waals surface area contributed by atoms with E-state index in [1.165, 1.54) is 11.1 Å². The number of ether oxygens (including phenoxy) is 2. The topological polar surface area (TPSA) is 83.0 Å². The number of benzene rings is 4. The predicted octanol–water partition coefficient (Wildman–Crippen LogP) is 4.98. The predicted molar refractivity (Wildman–Crippen MR) is 149 cm³/mol. The maximum Gasteiger partial charge on any atom is 0.119 e. The van der Waals surface area contributed by atoms with E-state index in [2.05, 4.69) is 34.9 Å². The highest BCUT2D eigenvalue weighted by atomic mass is 16.5. The molecule has 0 amide bonds. The van der Waals surface area contributed by atoms with Crippen molar-refractivity contribution in [2.45, 2.75) is 18.6 Å². The van der Waals surface area contributed by atoms with Crippen LogP contribution in [0.5, 0.6) is 11.5 Å². The van der Waals surface area contributed by atoms with Crippen LogP contribution in [0.4, 0.5) is 11.4 Å². The summed E-state index contributed by atoms with van der Waals surface area (Å²) >= 11 is 0. The molecule has 4 aromatic rings. The molecule has 0 bridgehead atoms. The highest BCUT2D eigenvalue weighted by molar-refractivity contribution is 5.47. The first-order valence-electron chi connectivity index (χ1n) is 12.5. The molecule has 4 aromatic carbocycles. The summed E-state index contributed by atoms with van der Waals surface area (Å²) in [4.78, 5) is 0. The van der Waals surface area contributed by atoms with Gasteiger partial charge in [-0.1, -0.05) is 60.7 Å². The quantitative estimate of drug-likeness (QED) is 0.196. The molecule has 0 spiro atoms. The number of aliphatic hydroxyl groups excluding tert-OH is 2. The van der Waals surface area contributed by atoms with Crippen LogP contribution in [0, 0.1) is 0 Å². The van der Waals surface area contributed by atoms with Gasteiger partial charge in [0.15, 0.2) is 0 Å². The minimum absolute atomic E-state index is 0.236. The van der Waals surface area contributed by atoms with Gasteiger partial charge in [-0.3, -0.25) is 0 Å². The van der Waals surface area contributed by atoms with E-state index < -0.39 is 12.2 Å². The summed E-state index contributed by atoms with van der Waals surface area (Å²) < 4.78 is 11.2. The molecule has 0 heterocycles. The summed E-state index contributed by atoms with van der Waals surface area (Å²) in [6.45, 7) is 1.29. The molecule has 6 nitrogen and oxygen atoms in total. The molecule has 2 atom stereocenters. The fourth-order valence-electron chi connectivity index (χ4n) is 3.72. The molecule has 0 fully saturated rings. The zero-order chi connectivity index (χ0) is 25.7. The number of hydrogen-bond acceptors (Lipinski definition) is 6. The van der Waals surface area contributed by atoms with Crippen LogP contribution in [-0.2, 0) is 6.42 Å². The van der Waals surface area contributed by atoms with Crippen molar-refractivity contribution in [3.05, 3.63) is 120 Å². The van der Waals surface area contributed by atoms with Crippen LogP contribution < -0.4 is 20.1 Å². The fraction of sp³-hybridized carbons (Fsp3) is 0.226. The number of para-hydroxylation sites is 2. The minimum Gasteiger partial charge on any atom is -0.491 e. The molecule has 0 aromatic heterocycles. The first-order chi connectivity index (χ1) is 18.1. The van der Waals surface area contributed by atoms with Crippen LogP contribution >= 0.6 is 0 Å². The largest absolute Gasteiger partial charge is 0.491 e. The summed E-state index contributed by atoms with van der Waals surface area (Å²) in [6, 6.07) is 35.4. The smallest absolute Gasteiger partial charge is 0.119 e. The molecule has 0 saturated carbocycles. The minimum atomic E-state index is -0.607. The van der Waals surface area contributed by atoms with Crippen molar-refractivity contribution in [2.75, 3.05) is 36.9 Å². The van der Waals surface area contributed by atoms with Crippen molar-refractivity contribution in [1.82, 2.24) is 0 Å². The molecule has 37 heavy (non-hydrogen) atoms. The van der Waals surface area contributed by atoms with Crippen LogP contribution in [0.3, 0.4) is 0 Å². The Balaban J connectivity index is 1.15. The van der Waals surface area contributed by atoms with Gasteiger partial charge in [0.05, 0.1) is 0 Å². The monoisotopic (exact) mass is 498 g/mol. The van der Waals surface area contributed by atoms with Gasteiger partial charge in [-0.15, -0.1) is 0 Å². The Hall–Kier alpha value is -4.00. The molecule has 0 radical (unpaired) electrons. The standard InChI is InChI=1S/C31H34N2O4/c34-28(22-36-30-7-3-1-4-8-30)20-32-26-15-11-24(12-16-26)19-25-13-17-27(18-14-25)33-21-29(35)23-37-31-9-5-2-6-10-31/h1-18,28-29,32-35H,19-23H2/t28-,29-/m0/s1. The average molecular weight is 499 g/mol. The number of rotatable bonds is 14. The maximum atomic E-state index is 10.2. The Kier molecular flexibility index (Phi) is 9.81. The summed E-state index contributed by atoms with van der Waals surface area (Å²) in [5.41, 5.74) is 4.31. The Morgan fingerprint density at radius 2 is 0.892 bits per heavy atom. The average Bonchev–Trinajstić information content (AvgIpc) is 2.95. The lowest BCUT2D eigenvalue weighted by atomic mass is 10.0. The van der Waals surface area contributed by atoms with E-state index in [9.17, 15) is 10.2 Å². The van der Waals surface area contributed by atoms with Crippen molar-refractivity contribution in [3.8, 4) is 11.5 Å².